The molecule has 618 valence electrons. The lowest BCUT2D eigenvalue weighted by atomic mass is 9.49. The van der Waals surface area contributed by atoms with Crippen LogP contribution in [0.5, 0.6) is 5.75 Å². The molecule has 0 radical (unpaired) electrons. The third kappa shape index (κ3) is 23.1. The molecule has 31 nitrogen and oxygen atoms in total. The van der Waals surface area contributed by atoms with Gasteiger partial charge in [-0.1, -0.05) is 85.6 Å². The minimum Gasteiger partial charge on any atom is -0.508 e. The van der Waals surface area contributed by atoms with Crippen LogP contribution >= 0.6 is 0 Å². The van der Waals surface area contributed by atoms with Gasteiger partial charge in [-0.3, -0.25) is 58.7 Å². The van der Waals surface area contributed by atoms with Crippen molar-refractivity contribution in [1.82, 2.24) is 31.5 Å². The molecule has 2 saturated carbocycles. The highest BCUT2D eigenvalue weighted by molar-refractivity contribution is 6.03. The molecule has 8 rings (SSSR count). The van der Waals surface area contributed by atoms with Crippen molar-refractivity contribution in [3.63, 3.8) is 0 Å². The number of primary amides is 1. The first kappa shape index (κ1) is 89.0. The Bertz CT molecular complexity index is 3790. The molecule has 4 aliphatic carbocycles. The highest BCUT2D eigenvalue weighted by Crippen LogP contribution is 2.60. The number of phenols is 1. The van der Waals surface area contributed by atoms with Gasteiger partial charge < -0.3 is 86.6 Å². The van der Waals surface area contributed by atoms with Crippen LogP contribution in [0.2, 0.25) is 0 Å². The largest absolute Gasteiger partial charge is 0.508 e. The Kier molecular flexibility index (Phi) is 32.6. The van der Waals surface area contributed by atoms with E-state index in [0.717, 1.165) is 61.6 Å². The number of fused-ring (bicyclic) bond motifs is 6. The molecule has 1 aliphatic heterocycles. The second kappa shape index (κ2) is 41.0. The molecule has 11 amide bonds. The van der Waals surface area contributed by atoms with E-state index in [1.807, 2.05) is 44.2 Å². The van der Waals surface area contributed by atoms with Crippen molar-refractivity contribution in [2.75, 3.05) is 89.7 Å². The number of rotatable bonds is 42. The van der Waals surface area contributed by atoms with E-state index >= 15 is 0 Å². The van der Waals surface area contributed by atoms with Crippen LogP contribution in [0.3, 0.4) is 0 Å². The fourth-order valence-corrected chi connectivity index (χ4v) is 17.2. The predicted octanol–water partition coefficient (Wildman–Crippen LogP) is 4.28. The summed E-state index contributed by atoms with van der Waals surface area (Å²) in [4.78, 5) is 149. The molecule has 112 heavy (non-hydrogen) atoms. The fourth-order valence-electron chi connectivity index (χ4n) is 17.2. The number of anilines is 2. The first-order valence-electron chi connectivity index (χ1n) is 39.3. The number of ether oxygens (including phenoxy) is 5. The zero-order valence-corrected chi connectivity index (χ0v) is 65.6. The zero-order chi connectivity index (χ0) is 81.7. The second-order valence-electron chi connectivity index (χ2n) is 31.9. The summed E-state index contributed by atoms with van der Waals surface area (Å²) in [6, 6.07) is 14.3. The predicted molar refractivity (Wildman–Crippen MR) is 409 cm³/mol. The Morgan fingerprint density at radius 3 is 1.77 bits per heavy atom. The quantitative estimate of drug-likeness (QED) is 0.0278. The van der Waals surface area contributed by atoms with E-state index < -0.39 is 132 Å². The number of nitrogens with two attached hydrogens (primary N) is 1. The minimum atomic E-state index is -1.98. The zero-order valence-electron chi connectivity index (χ0n) is 65.6. The molecule has 3 aromatic carbocycles. The summed E-state index contributed by atoms with van der Waals surface area (Å²) >= 11 is 0. The van der Waals surface area contributed by atoms with Crippen molar-refractivity contribution in [2.45, 2.75) is 212 Å². The maximum atomic E-state index is 14.8. The van der Waals surface area contributed by atoms with Crippen LogP contribution in [-0.4, -0.2) is 216 Å². The summed E-state index contributed by atoms with van der Waals surface area (Å²) in [5, 5.41) is 78.9. The van der Waals surface area contributed by atoms with Gasteiger partial charge in [0.25, 0.3) is 0 Å². The molecule has 1 unspecified atom stereocenters. The number of hydrogen-bond acceptors (Lipinski definition) is 22. The summed E-state index contributed by atoms with van der Waals surface area (Å²) in [5.41, 5.74) is 8.72. The van der Waals surface area contributed by atoms with Gasteiger partial charge in [-0.2, -0.15) is 0 Å². The van der Waals surface area contributed by atoms with Gasteiger partial charge >= 0.3 is 12.1 Å². The number of nitrogens with zero attached hydrogens (tertiary/aromatic N) is 1. The number of likely N-dealkylation sites (tertiary alicyclic amines) is 1. The van der Waals surface area contributed by atoms with E-state index in [2.05, 4.69) is 51.1 Å². The highest BCUT2D eigenvalue weighted by Gasteiger charge is 2.59. The van der Waals surface area contributed by atoms with E-state index in [-0.39, 0.29) is 157 Å². The van der Waals surface area contributed by atoms with Gasteiger partial charge in [-0.05, 0) is 163 Å². The van der Waals surface area contributed by atoms with Crippen LogP contribution in [0.15, 0.2) is 60.7 Å². The number of hydrogen-bond donors (Lipinski definition) is 14. The summed E-state index contributed by atoms with van der Waals surface area (Å²) < 4.78 is 27.8. The number of carbonyl (C=O) groups is 11. The van der Waals surface area contributed by atoms with E-state index in [1.165, 1.54) is 10.5 Å². The van der Waals surface area contributed by atoms with Crippen LogP contribution in [0.1, 0.15) is 173 Å². The lowest BCUT2D eigenvalue weighted by Gasteiger charge is -2.56. The number of benzene rings is 3. The van der Waals surface area contributed by atoms with Crippen LogP contribution in [0, 0.1) is 40.4 Å². The van der Waals surface area contributed by atoms with Gasteiger partial charge in [0.05, 0.1) is 89.0 Å². The summed E-state index contributed by atoms with van der Waals surface area (Å²) in [6.45, 7) is 13.2. The number of aromatic hydroxyl groups is 1. The number of Topliss-reactive ketones (excluding diaryl/α,β-unsaturated/α-hetero) is 1. The molecule has 5 aliphatic rings. The third-order valence-electron chi connectivity index (χ3n) is 23.6. The second-order valence-corrected chi connectivity index (χ2v) is 31.9. The lowest BCUT2D eigenvalue weighted by molar-refractivity contribution is -0.150. The smallest absolute Gasteiger partial charge is 0.411 e. The third-order valence-corrected chi connectivity index (χ3v) is 23.6. The van der Waals surface area contributed by atoms with Crippen LogP contribution in [0.25, 0.3) is 0 Å². The number of aryl methyl sites for hydroxylation is 2. The number of ketones is 1. The summed E-state index contributed by atoms with van der Waals surface area (Å²) in [7, 11) is 0. The first-order chi connectivity index (χ1) is 53.2. The number of amides is 11. The number of phenolic OH excluding ortho intramolecular Hbond substituents is 1. The molecular formula is C81H117N9O22. The van der Waals surface area contributed by atoms with E-state index in [1.54, 1.807) is 51.1 Å². The normalized spacial score (nSPS) is 23.7. The maximum absolute atomic E-state index is 14.8. The van der Waals surface area contributed by atoms with Gasteiger partial charge in [0.15, 0.2) is 5.78 Å². The van der Waals surface area contributed by atoms with Crippen molar-refractivity contribution in [3.8, 4) is 5.75 Å². The molecule has 0 aromatic heterocycles. The molecule has 3 aromatic rings. The van der Waals surface area contributed by atoms with Gasteiger partial charge in [0, 0.05) is 62.0 Å². The van der Waals surface area contributed by atoms with Gasteiger partial charge in [0.2, 0.25) is 47.3 Å². The highest BCUT2D eigenvalue weighted by atomic mass is 16.6. The monoisotopic (exact) mass is 1570 g/mol. The molecule has 3 fully saturated rings. The van der Waals surface area contributed by atoms with Gasteiger partial charge in [-0.25, -0.2) is 9.59 Å². The number of aliphatic hydroxyl groups excluding tert-OH is 5. The number of aliphatic hydroxyl groups is 5. The molecule has 0 spiro atoms. The molecule has 14 atom stereocenters. The molecule has 1 heterocycles. The standard InChI is InChI=1S/C81H117N9O22/c1-48(2)68(88-72(102)59(22-25-65(96)84-45-61(94)69(99)70(100)62(95)46-91)87-66(97)26-33-108-35-37-110-39-40-111-38-36-109-34-32-90-67(98)41-49(3)73(90)103)60(93)42-53(11-8-31-83-76(82)106)71(101)85-54-18-12-50(13-19-54)47-112-77(107)86-55-20-14-51-16-23-63-78(4,57(51)43-55)27-9-29-80(63,6)74(104)89-75(105)81(7)30-10-28-79(5)58-44-56(92)21-15-52(58)17-24-64(79)81/h12-15,18-21,43-44,48-49,53,59,61-64,68-70,91-92,94-95,99-100H,8-11,16-17,22-42,45-47H2,1-7H3,(H,84,96)(H,85,101)(H,86,107)(H,87,97)(H,88,102)(H3,82,83,106)(H,89,104,105)/t49?,53-,59-,61+,62-,63-,64-,68+,69-,70-,78-,79-,80+,81+/m1/s1. The molecule has 0 bridgehead atoms. The summed E-state index contributed by atoms with van der Waals surface area (Å²) in [6.07, 6.45) is -1.66. The average Bonchev–Trinajstić information content (AvgIpc) is 0.806. The molecule has 31 heteroatoms. The van der Waals surface area contributed by atoms with Crippen molar-refractivity contribution >= 4 is 76.5 Å². The Morgan fingerprint density at radius 1 is 0.634 bits per heavy atom. The summed E-state index contributed by atoms with van der Waals surface area (Å²) in [5.74, 6) is -6.24. The van der Waals surface area contributed by atoms with E-state index in [0.29, 0.717) is 36.2 Å². The fraction of sp³-hybridized carbons (Fsp3) is 0.642. The Hall–Kier alpha value is -8.53. The lowest BCUT2D eigenvalue weighted by Crippen LogP contribution is -2.60. The molecule has 15 N–H and O–H groups in total. The van der Waals surface area contributed by atoms with Crippen LogP contribution < -0.4 is 43.0 Å². The van der Waals surface area contributed by atoms with Gasteiger partial charge in [-0.15, -0.1) is 0 Å². The van der Waals surface area contributed by atoms with E-state index in [4.69, 9.17) is 34.5 Å². The minimum absolute atomic E-state index is 0.0194. The average molecular weight is 1570 g/mol. The maximum Gasteiger partial charge on any atom is 0.411 e. The van der Waals surface area contributed by atoms with Crippen LogP contribution in [0.4, 0.5) is 21.0 Å². The topological polar surface area (TPSA) is 469 Å². The van der Waals surface area contributed by atoms with Crippen molar-refractivity contribution in [3.05, 3.63) is 88.5 Å². The van der Waals surface area contributed by atoms with Crippen molar-refractivity contribution in [1.29, 1.82) is 0 Å². The number of carbonyl (C=O) groups excluding carboxylic acids is 11. The number of imide groups is 2. The SMILES string of the molecule is CC1CC(=O)N(CCOCCOCCOCCOCCC(=O)N[C@H](CCC(=O)NC[C@H](O)[C@@H](O)[C@H](O)[C@H](O)CO)C(=O)N[C@H](C(=O)C[C@@H](CCCNC(N)=O)C(=O)Nc2ccc(COC(=O)Nc3ccc4c(c3)[C@@]3(C)CCC[C@](C)(C(=O)NC(=O)[C@@]5(C)CCC[C@]6(C)c7cc(O)ccc7CC[C@@H]56)[C@@H]3CC4)cc2)C(C)C)C1=O. The number of urea groups is 1. The number of nitrogens with one attached hydrogen (secondary N) is 7. The molecule has 1 saturated heterocycles. The Labute approximate surface area is 654 Å². The Morgan fingerprint density at radius 2 is 1.20 bits per heavy atom. The first-order valence-corrected chi connectivity index (χ1v) is 39.3. The van der Waals surface area contributed by atoms with Crippen molar-refractivity contribution < 1.29 is 107 Å². The Balaban J connectivity index is 0.824. The molecular weight excluding hydrogens is 1450 g/mol. The van der Waals surface area contributed by atoms with Crippen LogP contribution in [-0.2, 0) is 97.1 Å². The van der Waals surface area contributed by atoms with E-state index in [9.17, 15) is 78.3 Å². The van der Waals surface area contributed by atoms with Gasteiger partial charge in [0.1, 0.15) is 36.7 Å². The van der Waals surface area contributed by atoms with Crippen molar-refractivity contribution in [2.24, 2.45) is 46.2 Å².